The van der Waals surface area contributed by atoms with Crippen molar-refractivity contribution in [3.63, 3.8) is 0 Å². The van der Waals surface area contributed by atoms with E-state index >= 15 is 0 Å². The van der Waals surface area contributed by atoms with Crippen molar-refractivity contribution < 1.29 is 13.0 Å². The molecule has 0 radical (unpaired) electrons. The van der Waals surface area contributed by atoms with Crippen LogP contribution in [-0.2, 0) is 10.1 Å². The van der Waals surface area contributed by atoms with Gasteiger partial charge in [0.05, 0.1) is 15.9 Å². The second kappa shape index (κ2) is 3.87. The molecule has 3 nitrogen and oxygen atoms in total. The minimum Gasteiger partial charge on any atom is -0.748 e. The van der Waals surface area contributed by atoms with E-state index in [9.17, 15) is 13.0 Å². The van der Waals surface area contributed by atoms with Gasteiger partial charge in [-0.2, -0.15) is 0 Å². The van der Waals surface area contributed by atoms with Crippen molar-refractivity contribution in [1.29, 1.82) is 0 Å². The first kappa shape index (κ1) is 8.94. The van der Waals surface area contributed by atoms with Gasteiger partial charge in [-0.1, -0.05) is 12.2 Å². The van der Waals surface area contributed by atoms with E-state index in [0.29, 0.717) is 0 Å². The first-order valence-electron chi connectivity index (χ1n) is 2.21. The summed E-state index contributed by atoms with van der Waals surface area (Å²) >= 11 is 5.15. The number of allylic oxidation sites excluding steroid dienone is 1. The Labute approximate surface area is 59.1 Å². The number of hydrogen-bond acceptors (Lipinski definition) is 3. The quantitative estimate of drug-likeness (QED) is 0.348. The molecular formula is C4H6ClO3S-. The van der Waals surface area contributed by atoms with Crippen molar-refractivity contribution in [2.75, 3.05) is 11.6 Å². The number of rotatable bonds is 3. The highest BCUT2D eigenvalue weighted by molar-refractivity contribution is 7.85. The van der Waals surface area contributed by atoms with Gasteiger partial charge in [0.2, 0.25) is 0 Å². The highest BCUT2D eigenvalue weighted by atomic mass is 35.5. The molecule has 0 aromatic heterocycles. The molecule has 0 fully saturated rings. The molecule has 0 aliphatic carbocycles. The lowest BCUT2D eigenvalue weighted by Crippen LogP contribution is -2.00. The lowest BCUT2D eigenvalue weighted by molar-refractivity contribution is 0.466. The Morgan fingerprint density at radius 2 is 2.00 bits per heavy atom. The molecule has 0 atom stereocenters. The fourth-order valence-electron chi connectivity index (χ4n) is 0.249. The molecule has 0 amide bonds. The van der Waals surface area contributed by atoms with Crippen LogP contribution in [0, 0.1) is 0 Å². The molecule has 0 aromatic rings. The molecule has 0 bridgehead atoms. The van der Waals surface area contributed by atoms with Crippen LogP contribution in [0.3, 0.4) is 0 Å². The molecule has 0 saturated heterocycles. The van der Waals surface area contributed by atoms with Crippen LogP contribution in [0.4, 0.5) is 0 Å². The first-order valence-corrected chi connectivity index (χ1v) is 4.32. The normalized spacial score (nSPS) is 12.7. The van der Waals surface area contributed by atoms with Crippen LogP contribution in [0.25, 0.3) is 0 Å². The van der Waals surface area contributed by atoms with E-state index in [-0.39, 0.29) is 5.88 Å². The summed E-state index contributed by atoms with van der Waals surface area (Å²) in [5.74, 6) is -0.241. The maximum atomic E-state index is 9.86. The monoisotopic (exact) mass is 169 g/mol. The summed E-state index contributed by atoms with van der Waals surface area (Å²) < 4.78 is 29.6. The summed E-state index contributed by atoms with van der Waals surface area (Å²) in [6.07, 6.45) is 2.65. The van der Waals surface area contributed by atoms with E-state index in [4.69, 9.17) is 11.6 Å². The smallest absolute Gasteiger partial charge is 0.0982 e. The fraction of sp³-hybridized carbons (Fsp3) is 0.500. The Bertz CT molecular complexity index is 182. The van der Waals surface area contributed by atoms with Gasteiger partial charge < -0.3 is 4.55 Å². The molecule has 0 spiro atoms. The van der Waals surface area contributed by atoms with Crippen LogP contribution in [0.1, 0.15) is 0 Å². The summed E-state index contributed by atoms with van der Waals surface area (Å²) in [4.78, 5) is 0. The van der Waals surface area contributed by atoms with Gasteiger partial charge in [0.1, 0.15) is 0 Å². The van der Waals surface area contributed by atoms with Gasteiger partial charge in [-0.25, -0.2) is 8.42 Å². The van der Waals surface area contributed by atoms with E-state index in [0.717, 1.165) is 0 Å². The molecule has 0 unspecified atom stereocenters. The Kier molecular flexibility index (Phi) is 3.84. The Morgan fingerprint density at radius 3 is 2.33 bits per heavy atom. The maximum absolute atomic E-state index is 9.86. The van der Waals surface area contributed by atoms with Crippen molar-refractivity contribution >= 4 is 21.7 Å². The van der Waals surface area contributed by atoms with Crippen LogP contribution < -0.4 is 0 Å². The summed E-state index contributed by atoms with van der Waals surface area (Å²) in [5.41, 5.74) is 0. The average molecular weight is 170 g/mol. The third kappa shape index (κ3) is 7.94. The van der Waals surface area contributed by atoms with E-state index < -0.39 is 15.9 Å². The van der Waals surface area contributed by atoms with Gasteiger partial charge in [0.15, 0.2) is 0 Å². The molecule has 0 saturated carbocycles. The van der Waals surface area contributed by atoms with E-state index in [1.165, 1.54) is 12.2 Å². The number of hydrogen-bond donors (Lipinski definition) is 0. The van der Waals surface area contributed by atoms with Crippen LogP contribution in [-0.4, -0.2) is 24.6 Å². The van der Waals surface area contributed by atoms with Gasteiger partial charge in [-0.3, -0.25) is 0 Å². The highest BCUT2D eigenvalue weighted by Crippen LogP contribution is 1.84. The molecule has 54 valence electrons. The minimum atomic E-state index is -4.09. The lowest BCUT2D eigenvalue weighted by atomic mass is 10.6. The topological polar surface area (TPSA) is 57.2 Å². The van der Waals surface area contributed by atoms with E-state index in [2.05, 4.69) is 0 Å². The molecule has 0 N–H and O–H groups in total. The van der Waals surface area contributed by atoms with Gasteiger partial charge in [0, 0.05) is 5.88 Å². The van der Waals surface area contributed by atoms with Gasteiger partial charge in [-0.15, -0.1) is 11.6 Å². The third-order valence-corrected chi connectivity index (χ3v) is 1.33. The standard InChI is InChI=1S/C4H7ClO3S/c5-3-1-2-4-9(6,7)8/h1-2H,3-4H2,(H,6,7,8)/p-1/b2-1+. The summed E-state index contributed by atoms with van der Waals surface area (Å²) in [5, 5.41) is 0. The van der Waals surface area contributed by atoms with Crippen molar-refractivity contribution in [3.8, 4) is 0 Å². The van der Waals surface area contributed by atoms with Crippen molar-refractivity contribution in [1.82, 2.24) is 0 Å². The second-order valence-electron chi connectivity index (χ2n) is 1.35. The molecule has 5 heteroatoms. The molecular weight excluding hydrogens is 164 g/mol. The molecule has 0 rings (SSSR count). The van der Waals surface area contributed by atoms with Crippen molar-refractivity contribution in [2.45, 2.75) is 0 Å². The Hall–Kier alpha value is -0.0600. The summed E-state index contributed by atoms with van der Waals surface area (Å²) in [7, 11) is -4.09. The summed E-state index contributed by atoms with van der Waals surface area (Å²) in [6.45, 7) is 0. The zero-order chi connectivity index (χ0) is 7.33. The van der Waals surface area contributed by atoms with E-state index in [1.807, 2.05) is 0 Å². The minimum absolute atomic E-state index is 0.232. The van der Waals surface area contributed by atoms with Crippen LogP contribution in [0.5, 0.6) is 0 Å². The van der Waals surface area contributed by atoms with E-state index in [1.54, 1.807) is 0 Å². The first-order chi connectivity index (χ1) is 4.06. The fourth-order valence-corrected chi connectivity index (χ4v) is 0.747. The Balaban J connectivity index is 3.65. The average Bonchev–Trinajstić information content (AvgIpc) is 1.63. The molecule has 0 aliphatic rings. The van der Waals surface area contributed by atoms with Gasteiger partial charge in [-0.05, 0) is 0 Å². The van der Waals surface area contributed by atoms with Crippen LogP contribution in [0.2, 0.25) is 0 Å². The highest BCUT2D eigenvalue weighted by Gasteiger charge is 1.85. The number of halogens is 1. The predicted molar refractivity (Wildman–Crippen MR) is 34.4 cm³/mol. The zero-order valence-corrected chi connectivity index (χ0v) is 6.15. The van der Waals surface area contributed by atoms with Gasteiger partial charge in [0.25, 0.3) is 0 Å². The molecule has 0 aliphatic heterocycles. The maximum Gasteiger partial charge on any atom is 0.0982 e. The van der Waals surface area contributed by atoms with Crippen LogP contribution >= 0.6 is 11.6 Å². The predicted octanol–water partition coefficient (Wildman–Crippen LogP) is 0.327. The molecule has 9 heavy (non-hydrogen) atoms. The summed E-state index contributed by atoms with van der Waals surface area (Å²) in [6, 6.07) is 0. The Morgan fingerprint density at radius 1 is 1.44 bits per heavy atom. The largest absolute Gasteiger partial charge is 0.748 e. The molecule has 0 heterocycles. The van der Waals surface area contributed by atoms with Crippen molar-refractivity contribution in [3.05, 3.63) is 12.2 Å². The van der Waals surface area contributed by atoms with Crippen molar-refractivity contribution in [2.24, 2.45) is 0 Å². The lowest BCUT2D eigenvalue weighted by Gasteiger charge is -1.99. The number of alkyl halides is 1. The SMILES string of the molecule is O=S(=O)([O-])C/C=C/CCl. The second-order valence-corrected chi connectivity index (χ2v) is 3.11. The van der Waals surface area contributed by atoms with Crippen LogP contribution in [0.15, 0.2) is 12.2 Å². The van der Waals surface area contributed by atoms with Gasteiger partial charge >= 0.3 is 0 Å². The third-order valence-electron chi connectivity index (χ3n) is 0.556. The molecule has 0 aromatic carbocycles. The zero-order valence-electron chi connectivity index (χ0n) is 4.58.